The van der Waals surface area contributed by atoms with Crippen LogP contribution in [0, 0.1) is 0 Å². The van der Waals surface area contributed by atoms with E-state index in [0.29, 0.717) is 0 Å². The van der Waals surface area contributed by atoms with Crippen LogP contribution in [0.4, 0.5) is 62.6 Å². The van der Waals surface area contributed by atoms with E-state index in [9.17, 15) is 0 Å². The van der Waals surface area contributed by atoms with E-state index in [1.165, 1.54) is 43.1 Å². The van der Waals surface area contributed by atoms with Crippen molar-refractivity contribution >= 4 is 209 Å². The van der Waals surface area contributed by atoms with Crippen LogP contribution >= 0.6 is 15.9 Å². The Kier molecular flexibility index (Phi) is 16.2. The number of benzene rings is 18. The zero-order chi connectivity index (χ0) is 72.3. The van der Waals surface area contributed by atoms with E-state index in [0.717, 1.165) is 155 Å². The summed E-state index contributed by atoms with van der Waals surface area (Å²) < 4.78 is 26.7. The Morgan fingerprint density at radius 3 is 0.982 bits per heavy atom. The molecule has 109 heavy (non-hydrogen) atoms. The Morgan fingerprint density at radius 2 is 0.505 bits per heavy atom. The smallest absolute Gasteiger partial charge is 0.159 e. The monoisotopic (exact) mass is 1460 g/mol. The zero-order valence-electron chi connectivity index (χ0n) is 58.8. The highest BCUT2D eigenvalue weighted by Crippen LogP contribution is 2.49. The molecule has 0 unspecified atom stereocenters. The van der Waals surface area contributed by atoms with Gasteiger partial charge in [-0.15, -0.1) is 0 Å². The summed E-state index contributed by atoms with van der Waals surface area (Å²) in [6.07, 6.45) is 0. The number of para-hydroxylation sites is 8. The molecule has 4 aromatic heterocycles. The van der Waals surface area contributed by atoms with Crippen LogP contribution < -0.4 is 20.0 Å². The van der Waals surface area contributed by atoms with Crippen molar-refractivity contribution in [1.82, 2.24) is 0 Å². The number of halogens is 1. The van der Waals surface area contributed by atoms with Crippen molar-refractivity contribution in [3.63, 3.8) is 0 Å². The summed E-state index contributed by atoms with van der Waals surface area (Å²) in [5.74, 6) is 0. The Balaban J connectivity index is 0.000000119. The third-order valence-corrected chi connectivity index (χ3v) is 21.3. The molecule has 9 heteroatoms. The van der Waals surface area contributed by atoms with E-state index in [-0.39, 0.29) is 0 Å². The quantitative estimate of drug-likeness (QED) is 0.137. The lowest BCUT2D eigenvalue weighted by Crippen LogP contribution is -2.10. The van der Waals surface area contributed by atoms with Crippen molar-refractivity contribution in [2.24, 2.45) is 0 Å². The highest BCUT2D eigenvalue weighted by molar-refractivity contribution is 9.10. The number of nitrogens with one attached hydrogen (secondary N) is 1. The molecule has 516 valence electrons. The minimum atomic E-state index is 0.816. The predicted molar refractivity (Wildman–Crippen MR) is 460 cm³/mol. The first-order chi connectivity index (χ1) is 53.9. The van der Waals surface area contributed by atoms with E-state index >= 15 is 0 Å². The fourth-order valence-electron chi connectivity index (χ4n) is 15.6. The number of hydrogen-bond acceptors (Lipinski definition) is 8. The number of anilines is 11. The van der Waals surface area contributed by atoms with Gasteiger partial charge in [0, 0.05) is 88.6 Å². The van der Waals surface area contributed by atoms with Crippen molar-refractivity contribution < 1.29 is 17.7 Å². The largest absolute Gasteiger partial charge is 0.456 e. The number of nitrogens with zero attached hydrogens (tertiary/aromatic N) is 3. The van der Waals surface area contributed by atoms with E-state index in [1.807, 2.05) is 54.6 Å². The molecule has 4 heterocycles. The maximum absolute atomic E-state index is 7.18. The topological polar surface area (TPSA) is 74.3 Å². The first kappa shape index (κ1) is 64.5. The molecule has 0 bridgehead atoms. The summed E-state index contributed by atoms with van der Waals surface area (Å²) in [6.45, 7) is 0. The van der Waals surface area contributed by atoms with Gasteiger partial charge in [-0.3, -0.25) is 0 Å². The highest BCUT2D eigenvalue weighted by Gasteiger charge is 2.26. The average Bonchev–Trinajstić information content (AvgIpc) is 1.61. The zero-order valence-corrected chi connectivity index (χ0v) is 60.4. The SMILES string of the molecule is Brc1cccc2c1oc1c(N(c3ccccc3)c3ccc4ccccc4c3)cccc12.c1ccc(N(c2ccc3ccccc3c2)c2cccc3c2oc2c(N(c4ccc5ccccc5c4)c4ccc5oc6ccccc6c5c4)cccc23)cc1.c1ccc2cc(Nc3ccc4oc5ccccc5c4c3)ccc2c1. The fraction of sp³-hybridized carbons (Fsp3) is 0. The van der Waals surface area contributed by atoms with Crippen LogP contribution in [0.5, 0.6) is 0 Å². The summed E-state index contributed by atoms with van der Waals surface area (Å²) in [6, 6.07) is 136. The van der Waals surface area contributed by atoms with Crippen LogP contribution in [0.1, 0.15) is 0 Å². The van der Waals surface area contributed by atoms with Gasteiger partial charge in [-0.25, -0.2) is 0 Å². The van der Waals surface area contributed by atoms with Gasteiger partial charge >= 0.3 is 0 Å². The molecule has 0 saturated heterocycles. The van der Waals surface area contributed by atoms with Crippen LogP contribution in [-0.2, 0) is 0 Å². The molecule has 0 radical (unpaired) electrons. The maximum atomic E-state index is 7.18. The Bertz CT molecular complexity index is 7220. The van der Waals surface area contributed by atoms with E-state index in [4.69, 9.17) is 17.7 Å². The molecule has 18 aromatic carbocycles. The molecule has 8 nitrogen and oxygen atoms in total. The molecule has 0 saturated carbocycles. The van der Waals surface area contributed by atoms with Crippen LogP contribution in [0.15, 0.2) is 410 Å². The lowest BCUT2D eigenvalue weighted by Gasteiger charge is -2.26. The molecular formula is C100H65BrN4O4. The average molecular weight is 1470 g/mol. The number of furan rings is 4. The van der Waals surface area contributed by atoms with E-state index < -0.39 is 0 Å². The Hall–Kier alpha value is -14.1. The van der Waals surface area contributed by atoms with Crippen molar-refractivity contribution in [1.29, 1.82) is 0 Å². The van der Waals surface area contributed by atoms with Gasteiger partial charge in [-0.05, 0) is 205 Å². The van der Waals surface area contributed by atoms with Crippen molar-refractivity contribution in [2.45, 2.75) is 0 Å². The van der Waals surface area contributed by atoms with Gasteiger partial charge in [0.1, 0.15) is 27.9 Å². The molecular weight excluding hydrogens is 1400 g/mol. The molecule has 0 aliphatic heterocycles. The van der Waals surface area contributed by atoms with Crippen molar-refractivity contribution in [2.75, 3.05) is 20.0 Å². The van der Waals surface area contributed by atoms with Gasteiger partial charge in [-0.1, -0.05) is 243 Å². The number of fused-ring (bicyclic) bond motifs is 16. The van der Waals surface area contributed by atoms with Crippen molar-refractivity contribution in [3.8, 4) is 0 Å². The molecule has 22 aromatic rings. The summed E-state index contributed by atoms with van der Waals surface area (Å²) >= 11 is 3.65. The highest BCUT2D eigenvalue weighted by atomic mass is 79.9. The summed E-state index contributed by atoms with van der Waals surface area (Å²) in [5.41, 5.74) is 18.4. The maximum Gasteiger partial charge on any atom is 0.159 e. The Labute approximate surface area is 635 Å². The van der Waals surface area contributed by atoms with Gasteiger partial charge in [-0.2, -0.15) is 0 Å². The first-order valence-electron chi connectivity index (χ1n) is 36.5. The lowest BCUT2D eigenvalue weighted by atomic mass is 10.1. The molecule has 0 amide bonds. The predicted octanol–water partition coefficient (Wildman–Crippen LogP) is 30.2. The third kappa shape index (κ3) is 11.9. The normalized spacial score (nSPS) is 11.5. The van der Waals surface area contributed by atoms with Gasteiger partial charge in [0.25, 0.3) is 0 Å². The second-order valence-electron chi connectivity index (χ2n) is 27.3. The summed E-state index contributed by atoms with van der Waals surface area (Å²) in [7, 11) is 0. The van der Waals surface area contributed by atoms with Gasteiger partial charge < -0.3 is 37.7 Å². The van der Waals surface area contributed by atoms with Crippen LogP contribution in [0.25, 0.3) is 131 Å². The number of hydrogen-bond donors (Lipinski definition) is 1. The third-order valence-electron chi connectivity index (χ3n) is 20.7. The van der Waals surface area contributed by atoms with Crippen LogP contribution in [0.2, 0.25) is 0 Å². The first-order valence-corrected chi connectivity index (χ1v) is 37.3. The summed E-state index contributed by atoms with van der Waals surface area (Å²) in [4.78, 5) is 6.89. The molecule has 1 N–H and O–H groups in total. The molecule has 22 rings (SSSR count). The minimum absolute atomic E-state index is 0.816. The molecule has 0 aliphatic rings. The van der Waals surface area contributed by atoms with Crippen LogP contribution in [-0.4, -0.2) is 0 Å². The van der Waals surface area contributed by atoms with Crippen molar-refractivity contribution in [3.05, 3.63) is 393 Å². The second kappa shape index (κ2) is 27.4. The molecule has 0 aliphatic carbocycles. The standard InChI is InChI=1S/C50H32N2O2.C28H18BrNO.C22H15NO/c1-2-16-37(17-3-1)51(38-26-24-33-12-4-6-14-35(33)30-38)45-21-10-19-42-43-20-11-22-46(50(43)54-49(42)45)52(39-27-25-34-13-5-7-15-36(34)31-39)40-28-29-48-44(32-40)41-18-8-9-23-47(41)53-48;29-25-14-6-12-23-24-13-7-15-26(28(24)31-27(23)25)30(21-10-2-1-3-11-21)22-17-16-19-8-4-5-9-20(19)18-22;1-2-6-16-13-17(10-9-15(16)5-1)23-18-11-12-22-20(14-18)19-7-3-4-8-21(19)24-22/h1-32H;1-18H;1-14,23H. The molecule has 0 atom stereocenters. The Morgan fingerprint density at radius 1 is 0.193 bits per heavy atom. The molecule has 0 spiro atoms. The lowest BCUT2D eigenvalue weighted by molar-refractivity contribution is 0.667. The van der Waals surface area contributed by atoms with Crippen LogP contribution in [0.3, 0.4) is 0 Å². The minimum Gasteiger partial charge on any atom is -0.456 e. The van der Waals surface area contributed by atoms with Gasteiger partial charge in [0.2, 0.25) is 0 Å². The van der Waals surface area contributed by atoms with E-state index in [1.54, 1.807) is 0 Å². The van der Waals surface area contributed by atoms with E-state index in [2.05, 4.69) is 370 Å². The number of rotatable bonds is 11. The summed E-state index contributed by atoms with van der Waals surface area (Å²) in [5, 5.41) is 21.9. The van der Waals surface area contributed by atoms with Gasteiger partial charge in [0.15, 0.2) is 16.7 Å². The fourth-order valence-corrected chi connectivity index (χ4v) is 16.0. The van der Waals surface area contributed by atoms with Gasteiger partial charge in [0.05, 0.1) is 21.5 Å². The second-order valence-corrected chi connectivity index (χ2v) is 28.2. The molecule has 0 fully saturated rings.